The number of halogens is 6. The lowest BCUT2D eigenvalue weighted by Gasteiger charge is -2.17. The Morgan fingerprint density at radius 1 is 0.317 bits per heavy atom. The van der Waals surface area contributed by atoms with E-state index >= 15 is 0 Å². The number of para-hydroxylation sites is 1. The van der Waals surface area contributed by atoms with Crippen LogP contribution in [0.4, 0.5) is 26.3 Å². The molecule has 0 bridgehead atoms. The largest absolute Gasteiger partial charge is 0.743 e. The zero-order valence-corrected chi connectivity index (χ0v) is 62.5. The first-order valence-electron chi connectivity index (χ1n) is 34.0. The molecule has 6 saturated carbocycles. The second kappa shape index (κ2) is 41.6. The van der Waals surface area contributed by atoms with Crippen molar-refractivity contribution in [1.82, 2.24) is 0 Å². The Morgan fingerprint density at radius 3 is 0.625 bits per heavy atom. The minimum Gasteiger partial charge on any atom is -0.743 e. The first-order chi connectivity index (χ1) is 47.9. The fraction of sp³-hybridized carbons (Fsp3) is 0.554. The van der Waals surface area contributed by atoms with Gasteiger partial charge < -0.3 is 58.5 Å². The highest BCUT2D eigenvalue weighted by Gasteiger charge is 2.50. The molecule has 0 atom stereocenters. The summed E-state index contributed by atoms with van der Waals surface area (Å²) in [6, 6.07) is 44.7. The molecule has 0 radical (unpaired) electrons. The summed E-state index contributed by atoms with van der Waals surface area (Å²) >= 11 is 0. The van der Waals surface area contributed by atoms with Crippen LogP contribution in [0.3, 0.4) is 0 Å². The summed E-state index contributed by atoms with van der Waals surface area (Å²) < 4.78 is 172. The minimum atomic E-state index is -6.08. The van der Waals surface area contributed by atoms with Gasteiger partial charge in [-0.05, 0) is 175 Å². The van der Waals surface area contributed by atoms with Crippen LogP contribution >= 0.6 is 0 Å². The maximum absolute atomic E-state index is 12.6. The first kappa shape index (κ1) is 93.7. The van der Waals surface area contributed by atoms with Gasteiger partial charge in [0, 0.05) is 0 Å². The van der Waals surface area contributed by atoms with E-state index < -0.39 is 64.0 Å². The topological polar surface area (TPSA) is 372 Å². The molecule has 104 heavy (non-hydrogen) atoms. The van der Waals surface area contributed by atoms with E-state index in [0.717, 1.165) is 89.2 Å². The second-order valence-electron chi connectivity index (χ2n) is 27.7. The summed E-state index contributed by atoms with van der Waals surface area (Å²) in [5, 5.41) is 47.9. The van der Waals surface area contributed by atoms with Gasteiger partial charge in [0.1, 0.15) is 5.75 Å². The number of fused-ring (bicyclic) bond motifs is 3. The molecule has 0 spiro atoms. The molecule has 0 amide bonds. The molecule has 6 aliphatic carbocycles. The minimum absolute atomic E-state index is 0.282. The monoisotopic (exact) mass is 1540 g/mol. The van der Waals surface area contributed by atoms with Crippen LogP contribution in [0.25, 0.3) is 32.3 Å². The van der Waals surface area contributed by atoms with Crippen LogP contribution in [-0.2, 0) is 54.2 Å². The summed E-state index contributed by atoms with van der Waals surface area (Å²) in [4.78, 5) is 30.6. The summed E-state index contributed by atoms with van der Waals surface area (Å²) in [6.07, 6.45) is 26.7. The molecule has 0 aromatic heterocycles. The summed E-state index contributed by atoms with van der Waals surface area (Å²) in [5.41, 5.74) is -1.83. The van der Waals surface area contributed by atoms with Gasteiger partial charge in [-0.1, -0.05) is 192 Å². The van der Waals surface area contributed by atoms with E-state index in [1.54, 1.807) is 0 Å². The number of hydrogen-bond acceptors (Lipinski definition) is 21. The van der Waals surface area contributed by atoms with Gasteiger partial charge in [-0.25, -0.2) is 39.6 Å². The smallest absolute Gasteiger partial charge is 0.429 e. The normalized spacial score (nSPS) is 18.4. The zero-order chi connectivity index (χ0) is 79.1. The van der Waals surface area contributed by atoms with Crippen molar-refractivity contribution in [2.75, 3.05) is 14.2 Å². The van der Waals surface area contributed by atoms with Gasteiger partial charge in [-0.15, -0.1) is 0 Å². The Bertz CT molecular complexity index is 3520. The third kappa shape index (κ3) is 34.9. The van der Waals surface area contributed by atoms with Crippen molar-refractivity contribution >= 4 is 80.6 Å². The lowest BCUT2D eigenvalue weighted by Crippen LogP contribution is -2.40. The van der Waals surface area contributed by atoms with Crippen molar-refractivity contribution in [2.45, 2.75) is 245 Å². The van der Waals surface area contributed by atoms with E-state index in [9.17, 15) is 110 Å². The van der Waals surface area contributed by atoms with Crippen molar-refractivity contribution in [3.8, 4) is 5.75 Å². The highest BCUT2D eigenvalue weighted by Crippen LogP contribution is 2.33. The van der Waals surface area contributed by atoms with Crippen molar-refractivity contribution in [3.05, 3.63) is 140 Å². The van der Waals surface area contributed by atoms with E-state index in [0.29, 0.717) is 14.2 Å². The predicted octanol–water partition coefficient (Wildman–Crippen LogP) is 14.0. The van der Waals surface area contributed by atoms with Crippen LogP contribution in [0.15, 0.2) is 140 Å². The van der Waals surface area contributed by atoms with Gasteiger partial charge in [0.05, 0.1) is 47.8 Å². The fourth-order valence-electron chi connectivity index (χ4n) is 11.0. The highest BCUT2D eigenvalue weighted by molar-refractivity contribution is 7.88. The predicted molar refractivity (Wildman–Crippen MR) is 380 cm³/mol. The molecule has 6 aliphatic rings. The summed E-state index contributed by atoms with van der Waals surface area (Å²) in [5.74, 6) is -7.47. The van der Waals surface area contributed by atoms with Crippen LogP contribution in [0.2, 0.25) is 0 Å². The number of carbonyl (C=O) groups is 3. The fourth-order valence-corrected chi connectivity index (χ4v) is 11.9. The maximum atomic E-state index is 12.6. The SMILES string of the molecule is CC1(O)CCCC1.CC1(O)CCCC1.CC1(O)CCCC1.CC1(O)CCCC1.CC1(O)CCCC1.CC1(O)CCCC1.COC(=O)C(F)(F)S(=O)(=O)[O-].COC(=O)C(F)(F)S(=O)(=O)[O-].O=C(Oc1ccccc1)C(F)(F)S(=O)(=O)[O-].c1ccc2cc3ccccc3cc2c1.c1ccc2ccccc2c1. The number of methoxy groups -OCH3 is 2. The molecule has 586 valence electrons. The van der Waals surface area contributed by atoms with E-state index in [1.807, 2.05) is 41.5 Å². The number of aliphatic hydroxyl groups is 6. The maximum Gasteiger partial charge on any atom is 0.429 e. The Balaban J connectivity index is 0.000000394. The average molecular weight is 1540 g/mol. The first-order valence-corrected chi connectivity index (χ1v) is 38.2. The van der Waals surface area contributed by atoms with Gasteiger partial charge in [0.15, 0.2) is 30.4 Å². The van der Waals surface area contributed by atoms with Gasteiger partial charge in [0.25, 0.3) is 0 Å². The molecular weight excluding hydrogens is 1430 g/mol. The van der Waals surface area contributed by atoms with Crippen molar-refractivity contribution in [2.24, 2.45) is 0 Å². The second-order valence-corrected chi connectivity index (χ2v) is 32.0. The number of alkyl halides is 6. The molecule has 30 heteroatoms. The number of hydrogen-bond donors (Lipinski definition) is 6. The zero-order valence-electron chi connectivity index (χ0n) is 60.0. The van der Waals surface area contributed by atoms with E-state index in [2.05, 4.69) is 123 Å². The van der Waals surface area contributed by atoms with Crippen LogP contribution in [0.1, 0.15) is 196 Å². The van der Waals surface area contributed by atoms with E-state index in [-0.39, 0.29) is 39.4 Å². The Kier molecular flexibility index (Phi) is 37.5. The summed E-state index contributed by atoms with van der Waals surface area (Å²) in [6.45, 7) is 11.5. The lowest BCUT2D eigenvalue weighted by atomic mass is 10.0. The van der Waals surface area contributed by atoms with E-state index in [4.69, 9.17) is 0 Å². The van der Waals surface area contributed by atoms with Gasteiger partial charge >= 0.3 is 33.7 Å². The van der Waals surface area contributed by atoms with Gasteiger partial charge in [0.2, 0.25) is 0 Å². The molecule has 0 heterocycles. The Labute approximate surface area is 606 Å². The van der Waals surface area contributed by atoms with E-state index in [1.165, 1.54) is 128 Å². The lowest BCUT2D eigenvalue weighted by molar-refractivity contribution is -0.158. The number of ether oxygens (including phenoxy) is 3. The van der Waals surface area contributed by atoms with Crippen LogP contribution in [-0.4, -0.2) is 151 Å². The van der Waals surface area contributed by atoms with Crippen molar-refractivity contribution in [1.29, 1.82) is 0 Å². The van der Waals surface area contributed by atoms with Crippen molar-refractivity contribution in [3.63, 3.8) is 0 Å². The van der Waals surface area contributed by atoms with Crippen LogP contribution in [0, 0.1) is 0 Å². The molecule has 21 nitrogen and oxygen atoms in total. The van der Waals surface area contributed by atoms with Crippen LogP contribution in [0.5, 0.6) is 5.75 Å². The summed E-state index contributed by atoms with van der Waals surface area (Å²) in [7, 11) is -16.9. The molecule has 12 rings (SSSR count). The Hall–Kier alpha value is -6.42. The molecular formula is C74H101F6O21S3-3. The number of rotatable bonds is 7. The standard InChI is InChI=1S/C14H10.C10H8.C8H6F2O5S.6C6H12O.2C3H4F2O5S/c1-2-6-12-10-14-8-4-3-7-13(14)9-11(12)5-1;1-2-6-10-8-4-3-7-9(10)5-1;9-8(10,16(12,13)14)7(11)15-6-4-2-1-3-5-6;6*1-6(7)4-2-3-5-6;2*1-10-2(6)3(4,5)11(7,8)9/h1-10H;1-8H;1-5H,(H,12,13,14);6*7H,2-5H2,1H3;2*1H3,(H,7,8,9)/p-3. The molecule has 6 fully saturated rings. The third-order valence-corrected chi connectivity index (χ3v) is 19.7. The molecule has 6 aromatic rings. The third-order valence-electron chi connectivity index (χ3n) is 17.3. The highest BCUT2D eigenvalue weighted by atomic mass is 32.2. The van der Waals surface area contributed by atoms with Gasteiger partial charge in [-0.3, -0.25) is 0 Å². The molecule has 0 aliphatic heterocycles. The molecule has 6 aromatic carbocycles. The van der Waals surface area contributed by atoms with Gasteiger partial charge in [-0.2, -0.15) is 26.3 Å². The average Bonchev–Trinajstić information content (AvgIpc) is 0.976. The van der Waals surface area contributed by atoms with Crippen LogP contribution < -0.4 is 4.74 Å². The number of benzene rings is 6. The number of esters is 3. The Morgan fingerprint density at radius 2 is 0.481 bits per heavy atom. The molecule has 0 unspecified atom stereocenters. The van der Waals surface area contributed by atoms with Crippen molar-refractivity contribution < 1.29 is 124 Å². The molecule has 6 N–H and O–H groups in total. The molecule has 0 saturated heterocycles. The number of carbonyl (C=O) groups excluding carboxylic acids is 3. The quantitative estimate of drug-likeness (QED) is 0.0284.